The summed E-state index contributed by atoms with van der Waals surface area (Å²) in [5, 5.41) is 5.99. The van der Waals surface area contributed by atoms with Crippen LogP contribution in [0.1, 0.15) is 60.2 Å². The number of Topliss-reactive ketones (excluding diaryl/α,β-unsaturated/α-hetero) is 1. The lowest BCUT2D eigenvalue weighted by Crippen LogP contribution is -2.27. The van der Waals surface area contributed by atoms with E-state index in [1.165, 1.54) is 0 Å². The van der Waals surface area contributed by atoms with Gasteiger partial charge >= 0.3 is 0 Å². The molecule has 24 heavy (non-hydrogen) atoms. The minimum Gasteiger partial charge on any atom is -0.350 e. The molecule has 0 aliphatic rings. The van der Waals surface area contributed by atoms with Crippen molar-refractivity contribution in [2.75, 3.05) is 0 Å². The molecular weight excluding hydrogens is 320 g/mol. The molecule has 0 saturated carbocycles. The molecule has 4 nitrogen and oxygen atoms in total. The molecule has 0 fully saturated rings. The van der Waals surface area contributed by atoms with Crippen LogP contribution in [0.15, 0.2) is 29.6 Å². The number of nitrogens with one attached hydrogen (secondary N) is 1. The Kier molecular flexibility index (Phi) is 6.26. The second-order valence-corrected chi connectivity index (χ2v) is 7.11. The van der Waals surface area contributed by atoms with Gasteiger partial charge in [0.25, 0.3) is 0 Å². The molecule has 128 valence electrons. The summed E-state index contributed by atoms with van der Waals surface area (Å²) < 4.78 is 0. The fourth-order valence-corrected chi connectivity index (χ4v) is 3.09. The van der Waals surface area contributed by atoms with Crippen LogP contribution >= 0.6 is 11.3 Å². The number of ketones is 1. The lowest BCUT2D eigenvalue weighted by atomic mass is 9.95. The lowest BCUT2D eigenvalue weighted by molar-refractivity contribution is -0.122. The van der Waals surface area contributed by atoms with Crippen LogP contribution in [-0.2, 0) is 17.8 Å². The van der Waals surface area contributed by atoms with Crippen molar-refractivity contribution in [3.05, 3.63) is 51.5 Å². The van der Waals surface area contributed by atoms with Gasteiger partial charge in [-0.1, -0.05) is 45.0 Å². The van der Waals surface area contributed by atoms with Crippen molar-refractivity contribution < 1.29 is 9.59 Å². The Morgan fingerprint density at radius 2 is 1.83 bits per heavy atom. The van der Waals surface area contributed by atoms with E-state index in [1.54, 1.807) is 23.5 Å². The quantitative estimate of drug-likeness (QED) is 0.773. The molecule has 2 rings (SSSR count). The third kappa shape index (κ3) is 4.51. The molecule has 0 bridgehead atoms. The Labute approximate surface area is 147 Å². The van der Waals surface area contributed by atoms with E-state index in [0.717, 1.165) is 22.7 Å². The number of aryl methyl sites for hydroxylation is 1. The van der Waals surface area contributed by atoms with Crippen LogP contribution < -0.4 is 5.32 Å². The highest BCUT2D eigenvalue weighted by molar-refractivity contribution is 7.09. The number of aromatic nitrogens is 1. The average Bonchev–Trinajstić information content (AvgIpc) is 3.06. The van der Waals surface area contributed by atoms with Crippen molar-refractivity contribution in [1.82, 2.24) is 10.3 Å². The maximum absolute atomic E-state index is 12.3. The van der Waals surface area contributed by atoms with Crippen LogP contribution in [-0.4, -0.2) is 16.7 Å². The molecule has 1 aromatic heterocycles. The number of thiazole rings is 1. The van der Waals surface area contributed by atoms with Gasteiger partial charge in [-0.25, -0.2) is 4.98 Å². The molecule has 1 aromatic carbocycles. The van der Waals surface area contributed by atoms with Crippen LogP contribution in [0.5, 0.6) is 0 Å². The van der Waals surface area contributed by atoms with Gasteiger partial charge in [-0.3, -0.25) is 9.59 Å². The summed E-state index contributed by atoms with van der Waals surface area (Å²) >= 11 is 1.62. The van der Waals surface area contributed by atoms with Gasteiger partial charge in [0.1, 0.15) is 0 Å². The number of carbonyl (C=O) groups excluding carboxylic acids is 2. The van der Waals surface area contributed by atoms with Crippen molar-refractivity contribution in [2.24, 2.45) is 5.92 Å². The zero-order chi connectivity index (χ0) is 17.7. The Hall–Kier alpha value is -2.01. The predicted octanol–water partition coefficient (Wildman–Crippen LogP) is 3.96. The second kappa shape index (κ2) is 8.20. The molecule has 1 amide bonds. The lowest BCUT2D eigenvalue weighted by Gasteiger charge is -2.13. The molecule has 2 aromatic rings. The average molecular weight is 344 g/mol. The molecule has 0 radical (unpaired) electrons. The van der Waals surface area contributed by atoms with Crippen molar-refractivity contribution >= 4 is 23.0 Å². The number of nitrogens with zero attached hydrogens (tertiary/aromatic N) is 1. The maximum atomic E-state index is 12.3. The van der Waals surface area contributed by atoms with Gasteiger partial charge < -0.3 is 5.32 Å². The Morgan fingerprint density at radius 3 is 2.38 bits per heavy atom. The number of hydrogen-bond acceptors (Lipinski definition) is 4. The summed E-state index contributed by atoms with van der Waals surface area (Å²) in [5.41, 5.74) is 2.49. The van der Waals surface area contributed by atoms with E-state index in [-0.39, 0.29) is 23.5 Å². The summed E-state index contributed by atoms with van der Waals surface area (Å²) in [6.07, 6.45) is 0.913. The first-order valence-corrected chi connectivity index (χ1v) is 9.15. The predicted molar refractivity (Wildman–Crippen MR) is 97.4 cm³/mol. The third-order valence-corrected chi connectivity index (χ3v) is 5.00. The topological polar surface area (TPSA) is 59.1 Å². The van der Waals surface area contributed by atoms with Crippen molar-refractivity contribution in [2.45, 2.75) is 46.6 Å². The Morgan fingerprint density at radius 1 is 1.17 bits per heavy atom. The molecule has 5 heteroatoms. The molecule has 0 spiro atoms. The molecule has 0 aliphatic heterocycles. The smallest absolute Gasteiger partial charge is 0.227 e. The summed E-state index contributed by atoms with van der Waals surface area (Å²) in [6, 6.07) is 7.32. The molecular formula is C19H24N2O2S. The van der Waals surface area contributed by atoms with Crippen molar-refractivity contribution in [3.8, 4) is 0 Å². The van der Waals surface area contributed by atoms with Gasteiger partial charge in [-0.15, -0.1) is 11.3 Å². The van der Waals surface area contributed by atoms with Crippen molar-refractivity contribution in [3.63, 3.8) is 0 Å². The molecule has 0 saturated heterocycles. The molecule has 0 unspecified atom stereocenters. The SMILES string of the molecule is CCc1nc(CNC(=O)[C@@H](C)c2ccc(C(=O)C(C)C)cc2)cs1. The van der Waals surface area contributed by atoms with E-state index in [2.05, 4.69) is 17.2 Å². The van der Waals surface area contributed by atoms with E-state index in [0.29, 0.717) is 12.1 Å². The van der Waals surface area contributed by atoms with Crippen LogP contribution in [0.25, 0.3) is 0 Å². The summed E-state index contributed by atoms with van der Waals surface area (Å²) in [6.45, 7) is 8.15. The van der Waals surface area contributed by atoms with Gasteiger partial charge in [0, 0.05) is 16.9 Å². The van der Waals surface area contributed by atoms with E-state index in [4.69, 9.17) is 0 Å². The van der Waals surface area contributed by atoms with E-state index >= 15 is 0 Å². The summed E-state index contributed by atoms with van der Waals surface area (Å²) in [4.78, 5) is 28.7. The monoisotopic (exact) mass is 344 g/mol. The van der Waals surface area contributed by atoms with Gasteiger partial charge in [0.15, 0.2) is 5.78 Å². The molecule has 1 N–H and O–H groups in total. The number of benzene rings is 1. The van der Waals surface area contributed by atoms with Crippen LogP contribution in [0, 0.1) is 5.92 Å². The number of hydrogen-bond donors (Lipinski definition) is 1. The molecule has 1 atom stereocenters. The maximum Gasteiger partial charge on any atom is 0.227 e. The molecule has 0 aliphatic carbocycles. The standard InChI is InChI=1S/C19H24N2O2S/c1-5-17-21-16(11-24-17)10-20-19(23)13(4)14-6-8-15(9-7-14)18(22)12(2)3/h6-9,11-13H,5,10H2,1-4H3,(H,20,23)/t13-/m0/s1. The zero-order valence-electron chi connectivity index (χ0n) is 14.6. The van der Waals surface area contributed by atoms with Gasteiger partial charge in [0.05, 0.1) is 23.2 Å². The largest absolute Gasteiger partial charge is 0.350 e. The normalized spacial score (nSPS) is 12.2. The van der Waals surface area contributed by atoms with E-state index in [1.807, 2.05) is 38.3 Å². The van der Waals surface area contributed by atoms with E-state index < -0.39 is 0 Å². The van der Waals surface area contributed by atoms with Gasteiger partial charge in [0.2, 0.25) is 5.91 Å². The van der Waals surface area contributed by atoms with Crippen LogP contribution in [0.2, 0.25) is 0 Å². The van der Waals surface area contributed by atoms with Gasteiger partial charge in [-0.05, 0) is 18.9 Å². The van der Waals surface area contributed by atoms with Gasteiger partial charge in [-0.2, -0.15) is 0 Å². The summed E-state index contributed by atoms with van der Waals surface area (Å²) in [7, 11) is 0. The first-order chi connectivity index (χ1) is 11.4. The fourth-order valence-electron chi connectivity index (χ4n) is 2.34. The second-order valence-electron chi connectivity index (χ2n) is 6.17. The van der Waals surface area contributed by atoms with Crippen molar-refractivity contribution in [1.29, 1.82) is 0 Å². The Bertz CT molecular complexity index is 704. The van der Waals surface area contributed by atoms with Crippen LogP contribution in [0.4, 0.5) is 0 Å². The highest BCUT2D eigenvalue weighted by Crippen LogP contribution is 2.18. The van der Waals surface area contributed by atoms with E-state index in [9.17, 15) is 9.59 Å². The number of carbonyl (C=O) groups is 2. The fraction of sp³-hybridized carbons (Fsp3) is 0.421. The third-order valence-electron chi connectivity index (χ3n) is 3.96. The first-order valence-electron chi connectivity index (χ1n) is 8.27. The minimum absolute atomic E-state index is 0.0253. The summed E-state index contributed by atoms with van der Waals surface area (Å²) in [5.74, 6) is -0.210. The molecule has 1 heterocycles. The number of rotatable bonds is 7. The zero-order valence-corrected chi connectivity index (χ0v) is 15.4. The highest BCUT2D eigenvalue weighted by atomic mass is 32.1. The Balaban J connectivity index is 1.96. The first kappa shape index (κ1) is 18.3. The number of amides is 1. The minimum atomic E-state index is -0.266. The van der Waals surface area contributed by atoms with Crippen LogP contribution in [0.3, 0.4) is 0 Å². The highest BCUT2D eigenvalue weighted by Gasteiger charge is 2.17.